The Bertz CT molecular complexity index is 1310. The molecule has 0 aromatic heterocycles. The second-order valence-electron chi connectivity index (χ2n) is 11.2. The summed E-state index contributed by atoms with van der Waals surface area (Å²) < 4.78 is 45.5. The smallest absolute Gasteiger partial charge is 0.416 e. The monoisotopic (exact) mass is 542 g/mol. The van der Waals surface area contributed by atoms with Gasteiger partial charge in [-0.25, -0.2) is 4.79 Å². The van der Waals surface area contributed by atoms with Crippen molar-refractivity contribution >= 4 is 17.4 Å². The molecule has 9 heteroatoms. The maximum absolute atomic E-state index is 14.0. The first-order valence-corrected chi connectivity index (χ1v) is 13.4. The minimum Gasteiger partial charge on any atom is -0.478 e. The van der Waals surface area contributed by atoms with Gasteiger partial charge in [0.1, 0.15) is 5.75 Å². The van der Waals surface area contributed by atoms with E-state index < -0.39 is 23.1 Å². The van der Waals surface area contributed by atoms with E-state index in [2.05, 4.69) is 11.0 Å². The van der Waals surface area contributed by atoms with E-state index in [1.54, 1.807) is 23.1 Å². The quantitative estimate of drug-likeness (QED) is 0.497. The van der Waals surface area contributed by atoms with Gasteiger partial charge in [0.25, 0.3) is 0 Å². The minimum absolute atomic E-state index is 0.0293. The Morgan fingerprint density at radius 3 is 2.62 bits per heavy atom. The number of alkyl halides is 3. The fourth-order valence-corrected chi connectivity index (χ4v) is 6.32. The van der Waals surface area contributed by atoms with Gasteiger partial charge in [-0.05, 0) is 73.1 Å². The van der Waals surface area contributed by atoms with Crippen LogP contribution in [0.1, 0.15) is 66.6 Å². The van der Waals surface area contributed by atoms with Gasteiger partial charge in [-0.1, -0.05) is 32.1 Å². The zero-order valence-electron chi connectivity index (χ0n) is 22.1. The van der Waals surface area contributed by atoms with Gasteiger partial charge in [0.05, 0.1) is 23.1 Å². The van der Waals surface area contributed by atoms with Crippen LogP contribution in [0.5, 0.6) is 5.75 Å². The standard InChI is InChI=1S/C30H33F3N2O4/c1-19(2)29(28(38)35-17-23-15-24(30(31,32)33)6-7-26(23)39-18-35)11-8-25(16-29)34-12-9-20(10-13-34)21-4-3-5-22(14-21)27(36)37/h3-7,9,14-15,19,25H,8,10-13,16-18H2,1-2H3,(H,36,37)/t25-,29+/m1/s1. The largest absolute Gasteiger partial charge is 0.478 e. The molecule has 1 saturated carbocycles. The van der Waals surface area contributed by atoms with Crippen molar-refractivity contribution in [3.05, 3.63) is 70.8 Å². The Kier molecular flexibility index (Phi) is 7.22. The second-order valence-corrected chi connectivity index (χ2v) is 11.2. The number of carboxylic acids is 1. The van der Waals surface area contributed by atoms with Gasteiger partial charge in [0.15, 0.2) is 6.73 Å². The lowest BCUT2D eigenvalue weighted by Gasteiger charge is -2.40. The van der Waals surface area contributed by atoms with Gasteiger partial charge < -0.3 is 14.7 Å². The molecule has 2 heterocycles. The number of halogens is 3. The van der Waals surface area contributed by atoms with Crippen molar-refractivity contribution in [3.8, 4) is 5.75 Å². The number of carboxylic acid groups (broad SMARTS) is 1. The summed E-state index contributed by atoms with van der Waals surface area (Å²) in [5.41, 5.74) is 1.34. The van der Waals surface area contributed by atoms with Gasteiger partial charge in [0, 0.05) is 24.7 Å². The van der Waals surface area contributed by atoms with Crippen LogP contribution in [-0.2, 0) is 17.5 Å². The van der Waals surface area contributed by atoms with E-state index >= 15 is 0 Å². The molecule has 1 aliphatic carbocycles. The van der Waals surface area contributed by atoms with Gasteiger partial charge in [0.2, 0.25) is 5.91 Å². The van der Waals surface area contributed by atoms with Crippen LogP contribution >= 0.6 is 0 Å². The van der Waals surface area contributed by atoms with E-state index in [9.17, 15) is 27.9 Å². The summed E-state index contributed by atoms with van der Waals surface area (Å²) in [6.45, 7) is 5.76. The molecule has 2 aliphatic heterocycles. The Balaban J connectivity index is 1.28. The number of nitrogens with zero attached hydrogens (tertiary/aromatic N) is 2. The minimum atomic E-state index is -4.46. The van der Waals surface area contributed by atoms with E-state index in [1.165, 1.54) is 6.07 Å². The van der Waals surface area contributed by atoms with Crippen LogP contribution in [-0.4, -0.2) is 52.6 Å². The van der Waals surface area contributed by atoms with Crippen LogP contribution in [0.4, 0.5) is 13.2 Å². The van der Waals surface area contributed by atoms with Crippen molar-refractivity contribution in [1.82, 2.24) is 9.80 Å². The zero-order valence-corrected chi connectivity index (χ0v) is 22.1. The van der Waals surface area contributed by atoms with E-state index in [-0.39, 0.29) is 36.7 Å². The van der Waals surface area contributed by atoms with Crippen molar-refractivity contribution in [2.24, 2.45) is 11.3 Å². The summed E-state index contributed by atoms with van der Waals surface area (Å²) in [6, 6.07) is 10.6. The molecule has 0 bridgehead atoms. The van der Waals surface area contributed by atoms with Gasteiger partial charge in [-0.15, -0.1) is 0 Å². The molecule has 39 heavy (non-hydrogen) atoms. The highest BCUT2D eigenvalue weighted by Gasteiger charge is 2.51. The highest BCUT2D eigenvalue weighted by Crippen LogP contribution is 2.48. The molecular formula is C30H33F3N2O4. The molecule has 3 aliphatic rings. The van der Waals surface area contributed by atoms with Crippen LogP contribution in [0, 0.1) is 11.3 Å². The number of rotatable bonds is 5. The van der Waals surface area contributed by atoms with E-state index in [4.69, 9.17) is 4.74 Å². The first kappa shape index (κ1) is 27.2. The maximum atomic E-state index is 14.0. The van der Waals surface area contributed by atoms with Crippen LogP contribution in [0.15, 0.2) is 48.5 Å². The molecule has 208 valence electrons. The Labute approximate surface area is 226 Å². The predicted octanol–water partition coefficient (Wildman–Crippen LogP) is 6.07. The Morgan fingerprint density at radius 2 is 1.95 bits per heavy atom. The van der Waals surface area contributed by atoms with E-state index in [1.807, 2.05) is 19.9 Å². The highest BCUT2D eigenvalue weighted by atomic mass is 19.4. The number of carbonyl (C=O) groups excluding carboxylic acids is 1. The molecule has 6 nitrogen and oxygen atoms in total. The third-order valence-corrected chi connectivity index (χ3v) is 8.70. The third kappa shape index (κ3) is 5.29. The number of aromatic carboxylic acids is 1. The van der Waals surface area contributed by atoms with Gasteiger partial charge in [-0.3, -0.25) is 9.69 Å². The molecule has 2 aromatic rings. The number of benzene rings is 2. The SMILES string of the molecule is CC(C)[C@]1(C(=O)N2COc3ccc(C(F)(F)F)cc3C2)CC[C@@H](N2CC=C(c3cccc(C(=O)O)c3)CC2)C1. The third-order valence-electron chi connectivity index (χ3n) is 8.70. The number of ether oxygens (including phenoxy) is 1. The summed E-state index contributed by atoms with van der Waals surface area (Å²) in [5, 5.41) is 9.31. The number of hydrogen-bond acceptors (Lipinski definition) is 4. The van der Waals surface area contributed by atoms with Crippen LogP contribution in [0.2, 0.25) is 0 Å². The topological polar surface area (TPSA) is 70.1 Å². The summed E-state index contributed by atoms with van der Waals surface area (Å²) in [4.78, 5) is 29.3. The summed E-state index contributed by atoms with van der Waals surface area (Å²) >= 11 is 0. The van der Waals surface area contributed by atoms with Gasteiger partial charge in [-0.2, -0.15) is 13.2 Å². The molecule has 0 saturated heterocycles. The molecule has 1 fully saturated rings. The first-order chi connectivity index (χ1) is 18.5. The highest BCUT2D eigenvalue weighted by molar-refractivity contribution is 5.89. The van der Waals surface area contributed by atoms with Crippen molar-refractivity contribution in [1.29, 1.82) is 0 Å². The number of hydrogen-bond donors (Lipinski definition) is 1. The Hall–Kier alpha value is -3.33. The number of fused-ring (bicyclic) bond motifs is 1. The fraction of sp³-hybridized carbons (Fsp3) is 0.467. The molecule has 2 aromatic carbocycles. The lowest BCUT2D eigenvalue weighted by atomic mass is 9.74. The molecule has 0 spiro atoms. The summed E-state index contributed by atoms with van der Waals surface area (Å²) in [5.74, 6) is -0.548. The molecule has 0 radical (unpaired) electrons. The van der Waals surface area contributed by atoms with Crippen molar-refractivity contribution < 1.29 is 32.6 Å². The van der Waals surface area contributed by atoms with Crippen LogP contribution in [0.3, 0.4) is 0 Å². The van der Waals surface area contributed by atoms with Crippen LogP contribution in [0.25, 0.3) is 5.57 Å². The molecular weight excluding hydrogens is 509 g/mol. The molecule has 2 atom stereocenters. The molecule has 1 amide bonds. The zero-order chi connectivity index (χ0) is 27.9. The second kappa shape index (κ2) is 10.3. The number of amides is 1. The molecule has 0 unspecified atom stereocenters. The molecule has 5 rings (SSSR count). The average molecular weight is 543 g/mol. The lowest BCUT2D eigenvalue weighted by molar-refractivity contribution is -0.150. The van der Waals surface area contributed by atoms with E-state index in [0.717, 1.165) is 49.2 Å². The molecule has 1 N–H and O–H groups in total. The Morgan fingerprint density at radius 1 is 1.15 bits per heavy atom. The predicted molar refractivity (Wildman–Crippen MR) is 140 cm³/mol. The first-order valence-electron chi connectivity index (χ1n) is 13.4. The average Bonchev–Trinajstić information content (AvgIpc) is 3.39. The van der Waals surface area contributed by atoms with Crippen molar-refractivity contribution in [2.45, 2.75) is 58.3 Å². The van der Waals surface area contributed by atoms with Crippen molar-refractivity contribution in [2.75, 3.05) is 19.8 Å². The summed E-state index contributed by atoms with van der Waals surface area (Å²) in [6.07, 6.45) is 0.753. The van der Waals surface area contributed by atoms with Crippen LogP contribution < -0.4 is 4.74 Å². The summed E-state index contributed by atoms with van der Waals surface area (Å²) in [7, 11) is 0. The fourth-order valence-electron chi connectivity index (χ4n) is 6.32. The lowest BCUT2D eigenvalue weighted by Crippen LogP contribution is -2.49. The maximum Gasteiger partial charge on any atom is 0.416 e. The number of carbonyl (C=O) groups is 2. The van der Waals surface area contributed by atoms with Crippen molar-refractivity contribution in [3.63, 3.8) is 0 Å². The normalized spacial score (nSPS) is 23.8. The van der Waals surface area contributed by atoms with E-state index in [0.29, 0.717) is 24.2 Å². The van der Waals surface area contributed by atoms with Gasteiger partial charge >= 0.3 is 12.1 Å².